The minimum atomic E-state index is -0.815. The van der Waals surface area contributed by atoms with Crippen molar-refractivity contribution in [1.29, 1.82) is 0 Å². The van der Waals surface area contributed by atoms with Crippen molar-refractivity contribution in [2.45, 2.75) is 26.0 Å². The lowest BCUT2D eigenvalue weighted by Crippen LogP contribution is -2.27. The molecule has 0 saturated carbocycles. The monoisotopic (exact) mass is 317 g/mol. The zero-order chi connectivity index (χ0) is 16.1. The number of hydrogen-bond donors (Lipinski definition) is 1. The Labute approximate surface area is 136 Å². The van der Waals surface area contributed by atoms with Crippen molar-refractivity contribution in [3.8, 4) is 0 Å². The number of carbonyl (C=O) groups excluding carboxylic acids is 1. The van der Waals surface area contributed by atoms with Gasteiger partial charge < -0.3 is 10.0 Å². The number of rotatable bonds is 5. The fraction of sp³-hybridized carbons (Fsp3) is 0.278. The Hall–Kier alpha value is -1.84. The lowest BCUT2D eigenvalue weighted by molar-refractivity contribution is -0.132. The molecule has 2 aromatic rings. The van der Waals surface area contributed by atoms with E-state index in [-0.39, 0.29) is 12.3 Å². The summed E-state index contributed by atoms with van der Waals surface area (Å²) in [5.74, 6) is -0.0944. The van der Waals surface area contributed by atoms with E-state index in [0.717, 1.165) is 5.56 Å². The van der Waals surface area contributed by atoms with Gasteiger partial charge in [0.05, 0.1) is 12.5 Å². The second-order valence-electron chi connectivity index (χ2n) is 5.51. The fourth-order valence-electron chi connectivity index (χ4n) is 2.18. The molecule has 2 aromatic carbocycles. The predicted octanol–water partition coefficient (Wildman–Crippen LogP) is 3.73. The summed E-state index contributed by atoms with van der Waals surface area (Å²) in [6.07, 6.45) is -0.755. The van der Waals surface area contributed by atoms with Crippen LogP contribution in [0.25, 0.3) is 0 Å². The van der Waals surface area contributed by atoms with Crippen LogP contribution in [0.1, 0.15) is 29.2 Å². The number of nitrogens with zero attached hydrogens (tertiary/aromatic N) is 1. The van der Waals surface area contributed by atoms with Crippen LogP contribution >= 0.6 is 11.6 Å². The Bertz CT molecular complexity index is 623. The number of aliphatic hydroxyl groups excluding tert-OH is 1. The first-order chi connectivity index (χ1) is 10.5. The molecule has 0 spiro atoms. The number of amides is 1. The molecule has 1 unspecified atom stereocenters. The third-order valence-corrected chi connectivity index (χ3v) is 3.84. The maximum Gasteiger partial charge on any atom is 0.225 e. The Morgan fingerprint density at radius 1 is 1.14 bits per heavy atom. The topological polar surface area (TPSA) is 40.5 Å². The number of carbonyl (C=O) groups is 1. The van der Waals surface area contributed by atoms with E-state index in [4.69, 9.17) is 11.6 Å². The second kappa shape index (κ2) is 7.43. The van der Waals surface area contributed by atoms with Crippen molar-refractivity contribution < 1.29 is 9.90 Å². The largest absolute Gasteiger partial charge is 0.388 e. The fourth-order valence-corrected chi connectivity index (χ4v) is 2.31. The molecule has 1 atom stereocenters. The van der Waals surface area contributed by atoms with Crippen LogP contribution in [-0.4, -0.2) is 23.0 Å². The highest BCUT2D eigenvalue weighted by molar-refractivity contribution is 6.30. The highest BCUT2D eigenvalue weighted by atomic mass is 35.5. The van der Waals surface area contributed by atoms with Crippen LogP contribution in [0.5, 0.6) is 0 Å². The molecular weight excluding hydrogens is 298 g/mol. The minimum Gasteiger partial charge on any atom is -0.388 e. The van der Waals surface area contributed by atoms with Crippen LogP contribution in [0, 0.1) is 6.92 Å². The lowest BCUT2D eigenvalue weighted by atomic mass is 10.1. The molecule has 0 aliphatic rings. The number of aryl methyl sites for hydroxylation is 1. The van der Waals surface area contributed by atoms with Gasteiger partial charge in [0.25, 0.3) is 0 Å². The Balaban J connectivity index is 1.93. The first-order valence-corrected chi connectivity index (χ1v) is 7.56. The number of hydrogen-bond acceptors (Lipinski definition) is 2. The van der Waals surface area contributed by atoms with Crippen molar-refractivity contribution in [3.05, 3.63) is 70.2 Å². The third kappa shape index (κ3) is 4.58. The molecule has 0 fully saturated rings. The smallest absolute Gasteiger partial charge is 0.225 e. The highest BCUT2D eigenvalue weighted by Crippen LogP contribution is 2.20. The van der Waals surface area contributed by atoms with Gasteiger partial charge in [-0.05, 0) is 30.2 Å². The van der Waals surface area contributed by atoms with Gasteiger partial charge in [0.15, 0.2) is 0 Å². The van der Waals surface area contributed by atoms with Gasteiger partial charge in [-0.1, -0.05) is 53.6 Å². The SMILES string of the molecule is Cc1ccc(CN(C)C(=O)CC(O)c2ccc(Cl)cc2)cc1. The maximum atomic E-state index is 12.2. The van der Waals surface area contributed by atoms with Gasteiger partial charge in [-0.2, -0.15) is 0 Å². The van der Waals surface area contributed by atoms with Crippen molar-refractivity contribution >= 4 is 17.5 Å². The minimum absolute atomic E-state index is 0.0595. The zero-order valence-corrected chi connectivity index (χ0v) is 13.5. The summed E-state index contributed by atoms with van der Waals surface area (Å²) in [5, 5.41) is 10.8. The molecule has 0 aromatic heterocycles. The van der Waals surface area contributed by atoms with Crippen molar-refractivity contribution in [3.63, 3.8) is 0 Å². The molecule has 116 valence electrons. The van der Waals surface area contributed by atoms with Crippen LogP contribution in [0.15, 0.2) is 48.5 Å². The number of benzene rings is 2. The van der Waals surface area contributed by atoms with E-state index >= 15 is 0 Å². The van der Waals surface area contributed by atoms with E-state index in [2.05, 4.69) is 0 Å². The molecule has 0 heterocycles. The molecule has 0 aliphatic carbocycles. The number of aliphatic hydroxyl groups is 1. The maximum absolute atomic E-state index is 12.2. The van der Waals surface area contributed by atoms with Crippen LogP contribution in [0.3, 0.4) is 0 Å². The summed E-state index contributed by atoms with van der Waals surface area (Å²) < 4.78 is 0. The zero-order valence-electron chi connectivity index (χ0n) is 12.8. The molecule has 2 rings (SSSR count). The molecular formula is C18H20ClNO2. The molecule has 0 radical (unpaired) electrons. The molecule has 0 bridgehead atoms. The van der Waals surface area contributed by atoms with Crippen LogP contribution in [0.4, 0.5) is 0 Å². The highest BCUT2D eigenvalue weighted by Gasteiger charge is 2.16. The molecule has 0 aliphatic heterocycles. The Morgan fingerprint density at radius 2 is 1.73 bits per heavy atom. The average Bonchev–Trinajstić information content (AvgIpc) is 2.50. The van der Waals surface area contributed by atoms with Crippen molar-refractivity contribution in [2.24, 2.45) is 0 Å². The van der Waals surface area contributed by atoms with Gasteiger partial charge in [0.2, 0.25) is 5.91 Å². The standard InChI is InChI=1S/C18H20ClNO2/c1-13-3-5-14(6-4-13)12-20(2)18(22)11-17(21)15-7-9-16(19)10-8-15/h3-10,17,21H,11-12H2,1-2H3. The molecule has 0 saturated heterocycles. The number of halogens is 1. The molecule has 1 amide bonds. The van der Waals surface area contributed by atoms with E-state index in [0.29, 0.717) is 17.1 Å². The van der Waals surface area contributed by atoms with E-state index in [9.17, 15) is 9.90 Å². The molecule has 4 heteroatoms. The summed E-state index contributed by atoms with van der Waals surface area (Å²) >= 11 is 5.82. The molecule has 3 nitrogen and oxygen atoms in total. The normalized spacial score (nSPS) is 12.0. The second-order valence-corrected chi connectivity index (χ2v) is 5.94. The van der Waals surface area contributed by atoms with Crippen molar-refractivity contribution in [2.75, 3.05) is 7.05 Å². The van der Waals surface area contributed by atoms with Crippen LogP contribution in [0.2, 0.25) is 5.02 Å². The van der Waals surface area contributed by atoms with E-state index in [1.807, 2.05) is 31.2 Å². The average molecular weight is 318 g/mol. The Kier molecular flexibility index (Phi) is 5.58. The third-order valence-electron chi connectivity index (χ3n) is 3.59. The van der Waals surface area contributed by atoms with Crippen LogP contribution < -0.4 is 0 Å². The summed E-state index contributed by atoms with van der Waals surface area (Å²) in [4.78, 5) is 13.8. The van der Waals surface area contributed by atoms with E-state index < -0.39 is 6.10 Å². The van der Waals surface area contributed by atoms with E-state index in [1.165, 1.54) is 5.56 Å². The summed E-state index contributed by atoms with van der Waals surface area (Å²) in [6, 6.07) is 15.0. The predicted molar refractivity (Wildman–Crippen MR) is 88.7 cm³/mol. The first-order valence-electron chi connectivity index (χ1n) is 7.19. The van der Waals surface area contributed by atoms with Gasteiger partial charge >= 0.3 is 0 Å². The quantitative estimate of drug-likeness (QED) is 0.912. The molecule has 1 N–H and O–H groups in total. The van der Waals surface area contributed by atoms with E-state index in [1.54, 1.807) is 36.2 Å². The summed E-state index contributed by atoms with van der Waals surface area (Å²) in [6.45, 7) is 2.56. The Morgan fingerprint density at radius 3 is 2.32 bits per heavy atom. The summed E-state index contributed by atoms with van der Waals surface area (Å²) in [5.41, 5.74) is 2.96. The van der Waals surface area contributed by atoms with Gasteiger partial charge in [0.1, 0.15) is 0 Å². The van der Waals surface area contributed by atoms with Gasteiger partial charge in [-0.3, -0.25) is 4.79 Å². The van der Waals surface area contributed by atoms with Gasteiger partial charge in [0, 0.05) is 18.6 Å². The van der Waals surface area contributed by atoms with Gasteiger partial charge in [-0.25, -0.2) is 0 Å². The van der Waals surface area contributed by atoms with Crippen LogP contribution in [-0.2, 0) is 11.3 Å². The van der Waals surface area contributed by atoms with Crippen molar-refractivity contribution in [1.82, 2.24) is 4.90 Å². The first kappa shape index (κ1) is 16.5. The summed E-state index contributed by atoms with van der Waals surface area (Å²) in [7, 11) is 1.75. The lowest BCUT2D eigenvalue weighted by Gasteiger charge is -2.19. The van der Waals surface area contributed by atoms with Gasteiger partial charge in [-0.15, -0.1) is 0 Å². The molecule has 22 heavy (non-hydrogen) atoms.